The minimum absolute atomic E-state index is 0.0712. The van der Waals surface area contributed by atoms with E-state index in [2.05, 4.69) is 15.9 Å². The molecule has 0 unspecified atom stereocenters. The maximum Gasteiger partial charge on any atom is 0.707 e. The van der Waals surface area contributed by atoms with E-state index in [-0.39, 0.29) is 23.7 Å². The summed E-state index contributed by atoms with van der Waals surface area (Å²) >= 11 is 3.20. The SMILES string of the molecule is OB(O)Oc1cc(Br)ccc1OCc1ccc(F)cc1F. The second-order valence-electron chi connectivity index (χ2n) is 4.06. The number of rotatable bonds is 5. The van der Waals surface area contributed by atoms with Crippen molar-refractivity contribution in [1.29, 1.82) is 0 Å². The van der Waals surface area contributed by atoms with Gasteiger partial charge < -0.3 is 19.4 Å². The topological polar surface area (TPSA) is 58.9 Å². The van der Waals surface area contributed by atoms with Crippen LogP contribution in [-0.4, -0.2) is 17.4 Å². The molecule has 2 N–H and O–H groups in total. The average molecular weight is 359 g/mol. The molecule has 2 rings (SSSR count). The number of hydrogen-bond donors (Lipinski definition) is 2. The molecule has 0 radical (unpaired) electrons. The molecule has 0 bridgehead atoms. The molecule has 0 saturated carbocycles. The van der Waals surface area contributed by atoms with Crippen LogP contribution in [0.5, 0.6) is 11.5 Å². The fourth-order valence-corrected chi connectivity index (χ4v) is 1.94. The van der Waals surface area contributed by atoms with E-state index in [0.29, 0.717) is 4.47 Å². The van der Waals surface area contributed by atoms with Gasteiger partial charge in [0, 0.05) is 16.1 Å². The highest BCUT2D eigenvalue weighted by Gasteiger charge is 2.16. The summed E-state index contributed by atoms with van der Waals surface area (Å²) in [5.41, 5.74) is 0.162. The zero-order chi connectivity index (χ0) is 15.4. The third kappa shape index (κ3) is 4.42. The predicted octanol–water partition coefficient (Wildman–Crippen LogP) is 2.65. The lowest BCUT2D eigenvalue weighted by atomic mass is 10.2. The zero-order valence-electron chi connectivity index (χ0n) is 10.6. The standard InChI is InChI=1S/C13H10BBrF2O4/c15-9-2-4-12(13(5-9)21-14(18)19)20-7-8-1-3-10(16)6-11(8)17/h1-6,18-19H,7H2. The molecule has 0 atom stereocenters. The first-order chi connectivity index (χ1) is 9.95. The van der Waals surface area contributed by atoms with Gasteiger partial charge in [-0.2, -0.15) is 0 Å². The zero-order valence-corrected chi connectivity index (χ0v) is 12.2. The second kappa shape index (κ2) is 6.88. The number of ether oxygens (including phenoxy) is 1. The van der Waals surface area contributed by atoms with Crippen LogP contribution in [0, 0.1) is 11.6 Å². The Morgan fingerprint density at radius 2 is 1.81 bits per heavy atom. The Labute approximate surface area is 128 Å². The third-order valence-corrected chi connectivity index (χ3v) is 3.03. The van der Waals surface area contributed by atoms with Crippen molar-refractivity contribution in [3.8, 4) is 11.5 Å². The summed E-state index contributed by atoms with van der Waals surface area (Å²) in [6, 6.07) is 7.78. The van der Waals surface area contributed by atoms with Gasteiger partial charge in [0.15, 0.2) is 5.75 Å². The van der Waals surface area contributed by atoms with Gasteiger partial charge in [0.05, 0.1) is 0 Å². The minimum atomic E-state index is -2.01. The number of hydrogen-bond acceptors (Lipinski definition) is 4. The Morgan fingerprint density at radius 1 is 1.05 bits per heavy atom. The Morgan fingerprint density at radius 3 is 2.48 bits per heavy atom. The third-order valence-electron chi connectivity index (χ3n) is 2.54. The van der Waals surface area contributed by atoms with Gasteiger partial charge >= 0.3 is 7.32 Å². The van der Waals surface area contributed by atoms with Gasteiger partial charge in [0.2, 0.25) is 0 Å². The largest absolute Gasteiger partial charge is 0.707 e. The summed E-state index contributed by atoms with van der Waals surface area (Å²) < 4.78 is 37.1. The lowest BCUT2D eigenvalue weighted by Crippen LogP contribution is -2.21. The summed E-state index contributed by atoms with van der Waals surface area (Å²) in [6.45, 7) is -0.161. The molecule has 0 saturated heterocycles. The smallest absolute Gasteiger partial charge is 0.509 e. The summed E-state index contributed by atoms with van der Waals surface area (Å²) in [6.07, 6.45) is 0. The van der Waals surface area contributed by atoms with E-state index in [1.54, 1.807) is 6.07 Å². The van der Waals surface area contributed by atoms with Gasteiger partial charge in [-0.15, -0.1) is 0 Å². The maximum absolute atomic E-state index is 13.5. The first-order valence-electron chi connectivity index (χ1n) is 5.85. The molecule has 21 heavy (non-hydrogen) atoms. The van der Waals surface area contributed by atoms with Gasteiger partial charge in [0.25, 0.3) is 0 Å². The van der Waals surface area contributed by atoms with Crippen LogP contribution in [-0.2, 0) is 6.61 Å². The Kier molecular flexibility index (Phi) is 5.16. The van der Waals surface area contributed by atoms with Crippen molar-refractivity contribution < 1.29 is 28.2 Å². The van der Waals surface area contributed by atoms with Crippen molar-refractivity contribution in [2.75, 3.05) is 0 Å². The van der Waals surface area contributed by atoms with Crippen LogP contribution in [0.3, 0.4) is 0 Å². The minimum Gasteiger partial charge on any atom is -0.509 e. The fraction of sp³-hybridized carbons (Fsp3) is 0.0769. The van der Waals surface area contributed by atoms with E-state index < -0.39 is 19.0 Å². The molecule has 2 aromatic carbocycles. The fourth-order valence-electron chi connectivity index (χ4n) is 1.60. The van der Waals surface area contributed by atoms with Crippen molar-refractivity contribution in [3.05, 3.63) is 58.1 Å². The molecular formula is C13H10BBrF2O4. The van der Waals surface area contributed by atoms with Crippen molar-refractivity contribution in [2.45, 2.75) is 6.61 Å². The Hall–Kier alpha value is -1.64. The molecule has 0 amide bonds. The molecular weight excluding hydrogens is 349 g/mol. The highest BCUT2D eigenvalue weighted by atomic mass is 79.9. The van der Waals surface area contributed by atoms with Gasteiger partial charge in [-0.3, -0.25) is 0 Å². The van der Waals surface area contributed by atoms with Gasteiger partial charge in [0.1, 0.15) is 24.0 Å². The van der Waals surface area contributed by atoms with Crippen LogP contribution >= 0.6 is 15.9 Å². The van der Waals surface area contributed by atoms with Crippen LogP contribution < -0.4 is 9.39 Å². The van der Waals surface area contributed by atoms with E-state index in [0.717, 1.165) is 12.1 Å². The normalized spacial score (nSPS) is 10.3. The van der Waals surface area contributed by atoms with Crippen molar-refractivity contribution in [1.82, 2.24) is 0 Å². The molecule has 0 aliphatic rings. The van der Waals surface area contributed by atoms with Crippen LogP contribution in [0.4, 0.5) is 8.78 Å². The second-order valence-corrected chi connectivity index (χ2v) is 4.98. The molecule has 0 heterocycles. The van der Waals surface area contributed by atoms with E-state index in [4.69, 9.17) is 19.4 Å². The first-order valence-corrected chi connectivity index (χ1v) is 6.64. The Balaban J connectivity index is 2.15. The van der Waals surface area contributed by atoms with Crippen LogP contribution in [0.1, 0.15) is 5.56 Å². The molecule has 0 spiro atoms. The van der Waals surface area contributed by atoms with Crippen molar-refractivity contribution in [3.63, 3.8) is 0 Å². The van der Waals surface area contributed by atoms with Gasteiger partial charge in [-0.25, -0.2) is 8.78 Å². The number of halogens is 3. The van der Waals surface area contributed by atoms with Gasteiger partial charge in [-0.1, -0.05) is 15.9 Å². The highest BCUT2D eigenvalue weighted by molar-refractivity contribution is 9.10. The highest BCUT2D eigenvalue weighted by Crippen LogP contribution is 2.31. The van der Waals surface area contributed by atoms with Crippen LogP contribution in [0.25, 0.3) is 0 Å². The summed E-state index contributed by atoms with van der Waals surface area (Å²) in [7, 11) is -2.01. The Bertz CT molecular complexity index is 640. The van der Waals surface area contributed by atoms with E-state index in [9.17, 15) is 8.78 Å². The first kappa shape index (κ1) is 15.7. The van der Waals surface area contributed by atoms with Gasteiger partial charge in [-0.05, 0) is 30.3 Å². The van der Waals surface area contributed by atoms with Crippen LogP contribution in [0.15, 0.2) is 40.9 Å². The average Bonchev–Trinajstić information content (AvgIpc) is 2.39. The lowest BCUT2D eigenvalue weighted by molar-refractivity contribution is 0.260. The molecule has 0 aliphatic carbocycles. The summed E-state index contributed by atoms with van der Waals surface area (Å²) in [5, 5.41) is 17.7. The van der Waals surface area contributed by atoms with E-state index >= 15 is 0 Å². The van der Waals surface area contributed by atoms with Crippen molar-refractivity contribution >= 4 is 23.3 Å². The van der Waals surface area contributed by atoms with Crippen molar-refractivity contribution in [2.24, 2.45) is 0 Å². The molecule has 2 aromatic rings. The molecule has 4 nitrogen and oxygen atoms in total. The van der Waals surface area contributed by atoms with E-state index in [1.165, 1.54) is 18.2 Å². The molecule has 0 aromatic heterocycles. The molecule has 0 aliphatic heterocycles. The quantitative estimate of drug-likeness (QED) is 0.807. The predicted molar refractivity (Wildman–Crippen MR) is 75.7 cm³/mol. The maximum atomic E-state index is 13.5. The monoisotopic (exact) mass is 358 g/mol. The summed E-state index contributed by atoms with van der Waals surface area (Å²) in [4.78, 5) is 0. The summed E-state index contributed by atoms with van der Waals surface area (Å²) in [5.74, 6) is -1.14. The lowest BCUT2D eigenvalue weighted by Gasteiger charge is -2.13. The molecule has 0 fully saturated rings. The number of benzene rings is 2. The molecule has 110 valence electrons. The van der Waals surface area contributed by atoms with E-state index in [1.807, 2.05) is 0 Å². The van der Waals surface area contributed by atoms with Crippen LogP contribution in [0.2, 0.25) is 0 Å². The molecule has 8 heteroatoms.